The van der Waals surface area contributed by atoms with Gasteiger partial charge in [0.05, 0.1) is 0 Å². The minimum absolute atomic E-state index is 0.267. The molecule has 1 aromatic carbocycles. The minimum atomic E-state index is 0.267. The summed E-state index contributed by atoms with van der Waals surface area (Å²) in [4.78, 5) is 0. The molecule has 76 valence electrons. The topological polar surface area (TPSA) is 12.0 Å². The molecule has 1 heterocycles. The van der Waals surface area contributed by atoms with Crippen molar-refractivity contribution in [3.05, 3.63) is 27.7 Å². The first-order valence-electron chi connectivity index (χ1n) is 5.11. The second-order valence-corrected chi connectivity index (χ2v) is 5.49. The van der Waals surface area contributed by atoms with E-state index in [4.69, 9.17) is 0 Å². The van der Waals surface area contributed by atoms with Crippen LogP contribution in [-0.2, 0) is 11.8 Å². The fraction of sp³-hybridized carbons (Fsp3) is 0.500. The molecule has 2 rings (SSSR count). The minimum Gasteiger partial charge on any atom is -0.384 e. The maximum absolute atomic E-state index is 3.58. The van der Waals surface area contributed by atoms with Crippen molar-refractivity contribution in [2.75, 3.05) is 11.9 Å². The molecule has 1 aliphatic heterocycles. The van der Waals surface area contributed by atoms with Crippen molar-refractivity contribution in [2.45, 2.75) is 32.6 Å². The van der Waals surface area contributed by atoms with E-state index in [1.807, 2.05) is 0 Å². The third-order valence-electron chi connectivity index (χ3n) is 3.00. The van der Waals surface area contributed by atoms with Gasteiger partial charge in [-0.25, -0.2) is 0 Å². The van der Waals surface area contributed by atoms with Gasteiger partial charge in [0, 0.05) is 22.1 Å². The van der Waals surface area contributed by atoms with Crippen LogP contribution in [0.25, 0.3) is 0 Å². The molecule has 0 amide bonds. The van der Waals surface area contributed by atoms with Crippen molar-refractivity contribution < 1.29 is 0 Å². The monoisotopic (exact) mass is 253 g/mol. The van der Waals surface area contributed by atoms with Crippen LogP contribution in [0.3, 0.4) is 0 Å². The van der Waals surface area contributed by atoms with Crippen molar-refractivity contribution in [1.29, 1.82) is 0 Å². The molecule has 0 spiro atoms. The number of benzene rings is 1. The van der Waals surface area contributed by atoms with Crippen LogP contribution in [0.1, 0.15) is 31.9 Å². The Kier molecular flexibility index (Phi) is 2.34. The number of halogens is 1. The highest BCUT2D eigenvalue weighted by Gasteiger charge is 2.31. The highest BCUT2D eigenvalue weighted by molar-refractivity contribution is 9.10. The second kappa shape index (κ2) is 3.27. The van der Waals surface area contributed by atoms with Gasteiger partial charge in [-0.2, -0.15) is 0 Å². The second-order valence-electron chi connectivity index (χ2n) is 4.58. The van der Waals surface area contributed by atoms with Gasteiger partial charge in [-0.3, -0.25) is 0 Å². The molecule has 0 fully saturated rings. The molecular formula is C12H16BrN. The lowest BCUT2D eigenvalue weighted by Gasteiger charge is -2.17. The van der Waals surface area contributed by atoms with E-state index >= 15 is 0 Å². The van der Waals surface area contributed by atoms with Crippen molar-refractivity contribution in [1.82, 2.24) is 0 Å². The van der Waals surface area contributed by atoms with Crippen molar-refractivity contribution in [2.24, 2.45) is 0 Å². The normalized spacial score (nSPS) is 17.7. The van der Waals surface area contributed by atoms with Gasteiger partial charge in [0.15, 0.2) is 0 Å². The van der Waals surface area contributed by atoms with Crippen molar-refractivity contribution in [3.8, 4) is 0 Å². The molecule has 0 aromatic heterocycles. The molecule has 0 atom stereocenters. The van der Waals surface area contributed by atoms with Gasteiger partial charge in [0.1, 0.15) is 0 Å². The van der Waals surface area contributed by atoms with Gasteiger partial charge in [0.2, 0.25) is 0 Å². The zero-order valence-corrected chi connectivity index (χ0v) is 10.5. The highest BCUT2D eigenvalue weighted by Crippen LogP contribution is 2.40. The maximum Gasteiger partial charge on any atom is 0.0412 e. The molecule has 1 aliphatic rings. The SMILES string of the molecule is CCc1cc(Br)cc2c1NCC2(C)C. The number of fused-ring (bicyclic) bond motifs is 1. The van der Waals surface area contributed by atoms with E-state index in [0.717, 1.165) is 13.0 Å². The summed E-state index contributed by atoms with van der Waals surface area (Å²) in [5.74, 6) is 0. The Labute approximate surface area is 94.0 Å². The molecular weight excluding hydrogens is 238 g/mol. The van der Waals surface area contributed by atoms with E-state index in [0.29, 0.717) is 0 Å². The summed E-state index contributed by atoms with van der Waals surface area (Å²) >= 11 is 3.58. The Balaban J connectivity index is 2.62. The first-order valence-corrected chi connectivity index (χ1v) is 5.90. The average molecular weight is 254 g/mol. The summed E-state index contributed by atoms with van der Waals surface area (Å²) in [5.41, 5.74) is 4.49. The van der Waals surface area contributed by atoms with E-state index < -0.39 is 0 Å². The molecule has 14 heavy (non-hydrogen) atoms. The van der Waals surface area contributed by atoms with Gasteiger partial charge in [0.25, 0.3) is 0 Å². The average Bonchev–Trinajstić information content (AvgIpc) is 2.42. The lowest BCUT2D eigenvalue weighted by molar-refractivity contribution is 0.586. The largest absolute Gasteiger partial charge is 0.384 e. The standard InChI is InChI=1S/C12H16BrN/c1-4-8-5-9(13)6-10-11(8)14-7-12(10,2)3/h5-6,14H,4,7H2,1-3H3. The van der Waals surface area contributed by atoms with E-state index in [2.05, 4.69) is 54.2 Å². The Morgan fingerprint density at radius 1 is 1.43 bits per heavy atom. The van der Waals surface area contributed by atoms with Crippen LogP contribution < -0.4 is 5.32 Å². The van der Waals surface area contributed by atoms with Crippen LogP contribution in [0.5, 0.6) is 0 Å². The van der Waals surface area contributed by atoms with E-state index in [9.17, 15) is 0 Å². The van der Waals surface area contributed by atoms with Crippen LogP contribution in [-0.4, -0.2) is 6.54 Å². The summed E-state index contributed by atoms with van der Waals surface area (Å²) in [7, 11) is 0. The zero-order valence-electron chi connectivity index (χ0n) is 8.95. The smallest absolute Gasteiger partial charge is 0.0412 e. The van der Waals surface area contributed by atoms with Crippen LogP contribution in [0.4, 0.5) is 5.69 Å². The number of hydrogen-bond donors (Lipinski definition) is 1. The maximum atomic E-state index is 3.58. The number of rotatable bonds is 1. The molecule has 1 nitrogen and oxygen atoms in total. The van der Waals surface area contributed by atoms with Crippen LogP contribution in [0.15, 0.2) is 16.6 Å². The molecule has 0 aliphatic carbocycles. The molecule has 1 aromatic rings. The summed E-state index contributed by atoms with van der Waals surface area (Å²) in [5, 5.41) is 3.52. The van der Waals surface area contributed by atoms with Gasteiger partial charge in [-0.05, 0) is 29.7 Å². The van der Waals surface area contributed by atoms with Crippen molar-refractivity contribution in [3.63, 3.8) is 0 Å². The molecule has 0 radical (unpaired) electrons. The fourth-order valence-corrected chi connectivity index (χ4v) is 2.59. The number of nitrogens with one attached hydrogen (secondary N) is 1. The molecule has 0 saturated carbocycles. The number of anilines is 1. The molecule has 2 heteroatoms. The summed E-state index contributed by atoms with van der Waals surface area (Å²) in [6, 6.07) is 4.46. The van der Waals surface area contributed by atoms with Gasteiger partial charge >= 0.3 is 0 Å². The van der Waals surface area contributed by atoms with E-state index in [1.165, 1.54) is 21.3 Å². The quantitative estimate of drug-likeness (QED) is 0.805. The molecule has 1 N–H and O–H groups in total. The Morgan fingerprint density at radius 3 is 2.79 bits per heavy atom. The van der Waals surface area contributed by atoms with E-state index in [-0.39, 0.29) is 5.41 Å². The predicted molar refractivity (Wildman–Crippen MR) is 65.0 cm³/mol. The fourth-order valence-electron chi connectivity index (χ4n) is 2.09. The first kappa shape index (κ1) is 10.0. The summed E-state index contributed by atoms with van der Waals surface area (Å²) < 4.78 is 1.20. The van der Waals surface area contributed by atoms with Crippen LogP contribution >= 0.6 is 15.9 Å². The van der Waals surface area contributed by atoms with Gasteiger partial charge < -0.3 is 5.32 Å². The van der Waals surface area contributed by atoms with Gasteiger partial charge in [-0.1, -0.05) is 36.7 Å². The zero-order chi connectivity index (χ0) is 10.3. The molecule has 0 bridgehead atoms. The Hall–Kier alpha value is -0.500. The van der Waals surface area contributed by atoms with Crippen molar-refractivity contribution >= 4 is 21.6 Å². The third kappa shape index (κ3) is 1.46. The highest BCUT2D eigenvalue weighted by atomic mass is 79.9. The first-order chi connectivity index (χ1) is 6.54. The summed E-state index contributed by atoms with van der Waals surface area (Å²) in [6.45, 7) is 7.83. The third-order valence-corrected chi connectivity index (χ3v) is 3.46. The van der Waals surface area contributed by atoms with E-state index in [1.54, 1.807) is 0 Å². The number of hydrogen-bond acceptors (Lipinski definition) is 1. The summed E-state index contributed by atoms with van der Waals surface area (Å²) in [6.07, 6.45) is 1.09. The lowest BCUT2D eigenvalue weighted by Crippen LogP contribution is -2.18. The molecule has 0 unspecified atom stereocenters. The Bertz CT molecular complexity index is 369. The molecule has 0 saturated heterocycles. The van der Waals surface area contributed by atoms with Gasteiger partial charge in [-0.15, -0.1) is 0 Å². The van der Waals surface area contributed by atoms with Crippen LogP contribution in [0, 0.1) is 0 Å². The number of aryl methyl sites for hydroxylation is 1. The lowest BCUT2D eigenvalue weighted by atomic mass is 9.86. The predicted octanol–water partition coefficient (Wildman–Crippen LogP) is 3.71. The van der Waals surface area contributed by atoms with Crippen LogP contribution in [0.2, 0.25) is 0 Å². The Morgan fingerprint density at radius 2 is 2.14 bits per heavy atom.